The predicted molar refractivity (Wildman–Crippen MR) is 97.0 cm³/mol. The SMILES string of the molecule is O=C(Nc1cc(Cl)ccc1Cl)NC1(c2ccc3c(c2)OCCO3)CC1. The van der Waals surface area contributed by atoms with E-state index in [-0.39, 0.29) is 11.6 Å². The van der Waals surface area contributed by atoms with Crippen molar-refractivity contribution in [3.05, 3.63) is 52.0 Å². The molecule has 2 aliphatic rings. The second kappa shape index (κ2) is 6.32. The number of carbonyl (C=O) groups is 1. The highest BCUT2D eigenvalue weighted by Crippen LogP contribution is 2.48. The van der Waals surface area contributed by atoms with E-state index in [9.17, 15) is 4.79 Å². The molecule has 5 nitrogen and oxygen atoms in total. The summed E-state index contributed by atoms with van der Waals surface area (Å²) in [4.78, 5) is 12.4. The summed E-state index contributed by atoms with van der Waals surface area (Å²) in [5.74, 6) is 1.45. The molecule has 2 aromatic carbocycles. The number of ether oxygens (including phenoxy) is 2. The molecule has 1 aliphatic carbocycles. The van der Waals surface area contributed by atoms with Gasteiger partial charge in [0.15, 0.2) is 11.5 Å². The fourth-order valence-corrected chi connectivity index (χ4v) is 3.25. The average molecular weight is 379 g/mol. The Morgan fingerprint density at radius 1 is 1.00 bits per heavy atom. The van der Waals surface area contributed by atoms with Crippen LogP contribution in [-0.4, -0.2) is 19.2 Å². The molecule has 0 aromatic heterocycles. The number of hydrogen-bond donors (Lipinski definition) is 2. The topological polar surface area (TPSA) is 59.6 Å². The lowest BCUT2D eigenvalue weighted by Crippen LogP contribution is -2.38. The Kier molecular flexibility index (Phi) is 4.13. The first kappa shape index (κ1) is 16.4. The van der Waals surface area contributed by atoms with Crippen molar-refractivity contribution in [2.24, 2.45) is 0 Å². The molecule has 0 unspecified atom stereocenters. The van der Waals surface area contributed by atoms with Gasteiger partial charge in [-0.3, -0.25) is 0 Å². The van der Waals surface area contributed by atoms with Crippen molar-refractivity contribution in [3.63, 3.8) is 0 Å². The summed E-state index contributed by atoms with van der Waals surface area (Å²) in [6.07, 6.45) is 1.73. The van der Waals surface area contributed by atoms with E-state index in [1.54, 1.807) is 18.2 Å². The van der Waals surface area contributed by atoms with Crippen molar-refractivity contribution >= 4 is 34.9 Å². The molecule has 1 saturated carbocycles. The monoisotopic (exact) mass is 378 g/mol. The number of anilines is 1. The summed E-state index contributed by atoms with van der Waals surface area (Å²) in [6.45, 7) is 1.09. The van der Waals surface area contributed by atoms with Gasteiger partial charge in [0, 0.05) is 5.02 Å². The van der Waals surface area contributed by atoms with E-state index < -0.39 is 0 Å². The molecule has 2 aromatic rings. The first-order chi connectivity index (χ1) is 12.1. The number of benzene rings is 2. The molecule has 1 heterocycles. The molecule has 7 heteroatoms. The normalized spacial score (nSPS) is 16.9. The third-order valence-electron chi connectivity index (χ3n) is 4.37. The molecular weight excluding hydrogens is 363 g/mol. The van der Waals surface area contributed by atoms with Gasteiger partial charge in [-0.15, -0.1) is 0 Å². The van der Waals surface area contributed by atoms with Crippen molar-refractivity contribution in [3.8, 4) is 11.5 Å². The van der Waals surface area contributed by atoms with Crippen LogP contribution in [-0.2, 0) is 5.54 Å². The summed E-state index contributed by atoms with van der Waals surface area (Å²) in [6, 6.07) is 10.4. The van der Waals surface area contributed by atoms with Crippen LogP contribution in [0.25, 0.3) is 0 Å². The van der Waals surface area contributed by atoms with Crippen molar-refractivity contribution in [2.45, 2.75) is 18.4 Å². The Morgan fingerprint density at radius 3 is 2.52 bits per heavy atom. The maximum atomic E-state index is 12.4. The molecule has 1 fully saturated rings. The molecular formula is C18H16Cl2N2O3. The standard InChI is InChI=1S/C18H16Cl2N2O3/c19-12-2-3-13(20)14(10-12)21-17(23)22-18(5-6-18)11-1-4-15-16(9-11)25-8-7-24-15/h1-4,9-10H,5-8H2,(H2,21,22,23). The van der Waals surface area contributed by atoms with Gasteiger partial charge < -0.3 is 20.1 Å². The van der Waals surface area contributed by atoms with Crippen molar-refractivity contribution in [1.82, 2.24) is 5.32 Å². The van der Waals surface area contributed by atoms with Gasteiger partial charge in [-0.25, -0.2) is 4.79 Å². The molecule has 2 amide bonds. The summed E-state index contributed by atoms with van der Waals surface area (Å²) in [5, 5.41) is 6.74. The highest BCUT2D eigenvalue weighted by molar-refractivity contribution is 6.35. The zero-order valence-electron chi connectivity index (χ0n) is 13.3. The van der Waals surface area contributed by atoms with Crippen LogP contribution < -0.4 is 20.1 Å². The van der Waals surface area contributed by atoms with Gasteiger partial charge in [0.05, 0.1) is 16.2 Å². The van der Waals surface area contributed by atoms with Gasteiger partial charge in [0.1, 0.15) is 13.2 Å². The summed E-state index contributed by atoms with van der Waals surface area (Å²) < 4.78 is 11.2. The van der Waals surface area contributed by atoms with Crippen LogP contribution in [0.3, 0.4) is 0 Å². The summed E-state index contributed by atoms with van der Waals surface area (Å²) >= 11 is 12.0. The smallest absolute Gasteiger partial charge is 0.319 e. The average Bonchev–Trinajstić information content (AvgIpc) is 3.38. The second-order valence-corrected chi connectivity index (χ2v) is 6.99. The summed E-state index contributed by atoms with van der Waals surface area (Å²) in [7, 11) is 0. The quantitative estimate of drug-likeness (QED) is 0.821. The highest BCUT2D eigenvalue weighted by Gasteiger charge is 2.46. The van der Waals surface area contributed by atoms with Gasteiger partial charge in [0.2, 0.25) is 0 Å². The Bertz CT molecular complexity index is 837. The zero-order valence-corrected chi connectivity index (χ0v) is 14.8. The van der Waals surface area contributed by atoms with Gasteiger partial charge >= 0.3 is 6.03 Å². The van der Waals surface area contributed by atoms with Crippen molar-refractivity contribution in [1.29, 1.82) is 0 Å². The van der Waals surface area contributed by atoms with Gasteiger partial charge in [-0.05, 0) is 48.7 Å². The predicted octanol–water partition coefficient (Wildman–Crippen LogP) is 4.58. The fraction of sp³-hybridized carbons (Fsp3) is 0.278. The first-order valence-electron chi connectivity index (χ1n) is 8.00. The second-order valence-electron chi connectivity index (χ2n) is 6.14. The molecule has 1 aliphatic heterocycles. The maximum absolute atomic E-state index is 12.4. The highest BCUT2D eigenvalue weighted by atomic mass is 35.5. The number of nitrogens with one attached hydrogen (secondary N) is 2. The van der Waals surface area contributed by atoms with Crippen LogP contribution >= 0.6 is 23.2 Å². The number of urea groups is 1. The molecule has 2 N–H and O–H groups in total. The Hall–Kier alpha value is -2.11. The van der Waals surface area contributed by atoms with E-state index >= 15 is 0 Å². The van der Waals surface area contributed by atoms with Gasteiger partial charge in [0.25, 0.3) is 0 Å². The van der Waals surface area contributed by atoms with E-state index in [4.69, 9.17) is 32.7 Å². The number of amides is 2. The van der Waals surface area contributed by atoms with Crippen LogP contribution in [0.15, 0.2) is 36.4 Å². The van der Waals surface area contributed by atoms with E-state index in [2.05, 4.69) is 10.6 Å². The number of carbonyl (C=O) groups excluding carboxylic acids is 1. The van der Waals surface area contributed by atoms with Crippen molar-refractivity contribution in [2.75, 3.05) is 18.5 Å². The number of fused-ring (bicyclic) bond motifs is 1. The van der Waals surface area contributed by atoms with Gasteiger partial charge in [-0.1, -0.05) is 29.3 Å². The maximum Gasteiger partial charge on any atom is 0.319 e. The van der Waals surface area contributed by atoms with E-state index in [0.717, 1.165) is 29.9 Å². The molecule has 4 rings (SSSR count). The van der Waals surface area contributed by atoms with Crippen LogP contribution in [0.4, 0.5) is 10.5 Å². The fourth-order valence-electron chi connectivity index (χ4n) is 2.92. The lowest BCUT2D eigenvalue weighted by molar-refractivity contribution is 0.171. The minimum Gasteiger partial charge on any atom is -0.486 e. The van der Waals surface area contributed by atoms with Gasteiger partial charge in [-0.2, -0.15) is 0 Å². The lowest BCUT2D eigenvalue weighted by atomic mass is 10.0. The molecule has 25 heavy (non-hydrogen) atoms. The molecule has 0 spiro atoms. The first-order valence-corrected chi connectivity index (χ1v) is 8.76. The van der Waals surface area contributed by atoms with Crippen LogP contribution in [0.1, 0.15) is 18.4 Å². The largest absolute Gasteiger partial charge is 0.486 e. The Balaban J connectivity index is 1.50. The van der Waals surface area contributed by atoms with Crippen LogP contribution in [0, 0.1) is 0 Å². The number of halogens is 2. The third kappa shape index (κ3) is 3.34. The molecule has 0 atom stereocenters. The number of rotatable bonds is 3. The number of hydrogen-bond acceptors (Lipinski definition) is 3. The molecule has 0 saturated heterocycles. The zero-order chi connectivity index (χ0) is 17.4. The molecule has 130 valence electrons. The van der Waals surface area contributed by atoms with E-state index in [1.165, 1.54) is 0 Å². The van der Waals surface area contributed by atoms with Crippen LogP contribution in [0.2, 0.25) is 10.0 Å². The van der Waals surface area contributed by atoms with Crippen LogP contribution in [0.5, 0.6) is 11.5 Å². The van der Waals surface area contributed by atoms with Crippen molar-refractivity contribution < 1.29 is 14.3 Å². The minimum atomic E-state index is -0.384. The molecule has 0 radical (unpaired) electrons. The Morgan fingerprint density at radius 2 is 1.76 bits per heavy atom. The van der Waals surface area contributed by atoms with E-state index in [0.29, 0.717) is 28.9 Å². The molecule has 0 bridgehead atoms. The minimum absolute atomic E-state index is 0.323. The summed E-state index contributed by atoms with van der Waals surface area (Å²) in [5.41, 5.74) is 1.10. The lowest BCUT2D eigenvalue weighted by Gasteiger charge is -2.23. The Labute approximate surface area is 155 Å². The third-order valence-corrected chi connectivity index (χ3v) is 4.94. The van der Waals surface area contributed by atoms with E-state index in [1.807, 2.05) is 18.2 Å².